The molecule has 9 heteroatoms. The highest BCUT2D eigenvalue weighted by Gasteiger charge is 2.32. The van der Waals surface area contributed by atoms with Crippen LogP contribution in [0.15, 0.2) is 46.3 Å². The molecule has 1 saturated heterocycles. The molecule has 0 saturated carbocycles. The van der Waals surface area contributed by atoms with Crippen molar-refractivity contribution in [3.05, 3.63) is 51.9 Å². The maximum Gasteiger partial charge on any atom is 0.266 e. The van der Waals surface area contributed by atoms with Crippen LogP contribution in [0.4, 0.5) is 0 Å². The zero-order valence-electron chi connectivity index (χ0n) is 11.6. The molecule has 1 amide bonds. The average Bonchev–Trinajstić information content (AvgIpc) is 2.71. The number of amides is 1. The molecule has 0 spiro atoms. The second-order valence-corrected chi connectivity index (χ2v) is 8.17. The quantitative estimate of drug-likeness (QED) is 0.438. The predicted octanol–water partition coefficient (Wildman–Crippen LogP) is 2.56. The Morgan fingerprint density at radius 3 is 2.61 bits per heavy atom. The molecule has 0 aliphatic carbocycles. The van der Waals surface area contributed by atoms with Gasteiger partial charge in [0.25, 0.3) is 5.91 Å². The number of benzene rings is 1. The van der Waals surface area contributed by atoms with Crippen molar-refractivity contribution < 1.29 is 17.8 Å². The molecule has 1 fully saturated rings. The van der Waals surface area contributed by atoms with E-state index in [2.05, 4.69) is 0 Å². The van der Waals surface area contributed by atoms with E-state index in [4.69, 9.17) is 23.8 Å². The minimum Gasteiger partial charge on any atom is -0.748 e. The SMILES string of the molecule is O=C1/C(=C/C(Cl)=C/c2ccccc2)SC(=S)N1CCS(=O)(=O)[O-]. The third-order valence-electron chi connectivity index (χ3n) is 2.81. The molecular formula is C14H11ClNO4S3-. The average molecular weight is 389 g/mol. The molecule has 1 aliphatic rings. The van der Waals surface area contributed by atoms with Gasteiger partial charge in [-0.15, -0.1) is 0 Å². The van der Waals surface area contributed by atoms with Crippen molar-refractivity contribution in [3.8, 4) is 0 Å². The summed E-state index contributed by atoms with van der Waals surface area (Å²) < 4.78 is 32.2. The summed E-state index contributed by atoms with van der Waals surface area (Å²) in [6.45, 7) is -0.256. The largest absolute Gasteiger partial charge is 0.748 e. The smallest absolute Gasteiger partial charge is 0.266 e. The van der Waals surface area contributed by atoms with Crippen LogP contribution in [-0.4, -0.2) is 40.4 Å². The maximum absolute atomic E-state index is 12.2. The molecule has 0 atom stereocenters. The molecule has 2 rings (SSSR count). The van der Waals surface area contributed by atoms with E-state index in [0.29, 0.717) is 5.03 Å². The van der Waals surface area contributed by atoms with Gasteiger partial charge in [0, 0.05) is 11.6 Å². The standard InChI is InChI=1S/C14H12ClNO4S3/c15-11(8-10-4-2-1-3-5-10)9-12-13(17)16(14(21)22-12)6-7-23(18,19)20/h1-5,8-9H,6-7H2,(H,18,19,20)/p-1/b11-8-,12-9-. The topological polar surface area (TPSA) is 77.5 Å². The van der Waals surface area contributed by atoms with Crippen LogP contribution in [0, 0.1) is 0 Å². The predicted molar refractivity (Wildman–Crippen MR) is 94.8 cm³/mol. The van der Waals surface area contributed by atoms with Gasteiger partial charge in [0.2, 0.25) is 0 Å². The molecule has 5 nitrogen and oxygen atoms in total. The van der Waals surface area contributed by atoms with Gasteiger partial charge in [-0.25, -0.2) is 8.42 Å². The van der Waals surface area contributed by atoms with E-state index < -0.39 is 21.8 Å². The number of allylic oxidation sites excluding steroid dienone is 2. The summed E-state index contributed by atoms with van der Waals surface area (Å²) in [5.41, 5.74) is 0.877. The van der Waals surface area contributed by atoms with Crippen molar-refractivity contribution in [2.24, 2.45) is 0 Å². The van der Waals surface area contributed by atoms with Crippen LogP contribution < -0.4 is 0 Å². The first-order valence-electron chi connectivity index (χ1n) is 6.37. The van der Waals surface area contributed by atoms with Crippen molar-refractivity contribution in [3.63, 3.8) is 0 Å². The fourth-order valence-electron chi connectivity index (χ4n) is 1.77. The molecule has 23 heavy (non-hydrogen) atoms. The number of hydrogen-bond donors (Lipinski definition) is 0. The third-order valence-corrected chi connectivity index (χ3v) is 5.09. The number of nitrogens with zero attached hydrogens (tertiary/aromatic N) is 1. The Bertz CT molecular complexity index is 788. The normalized spacial score (nSPS) is 18.1. The number of thioether (sulfide) groups is 1. The van der Waals surface area contributed by atoms with Crippen LogP contribution in [0.3, 0.4) is 0 Å². The van der Waals surface area contributed by atoms with Gasteiger partial charge in [0.1, 0.15) is 4.32 Å². The molecule has 0 aromatic heterocycles. The number of hydrogen-bond acceptors (Lipinski definition) is 6. The van der Waals surface area contributed by atoms with Gasteiger partial charge in [-0.1, -0.05) is 65.9 Å². The summed E-state index contributed by atoms with van der Waals surface area (Å²) in [5, 5.41) is 0.341. The second kappa shape index (κ2) is 7.59. The molecule has 1 aromatic carbocycles. The lowest BCUT2D eigenvalue weighted by Gasteiger charge is -2.15. The zero-order chi connectivity index (χ0) is 17.0. The van der Waals surface area contributed by atoms with Crippen LogP contribution in [0.1, 0.15) is 5.56 Å². The molecule has 122 valence electrons. The molecular weight excluding hydrogens is 378 g/mol. The molecule has 1 heterocycles. The van der Waals surface area contributed by atoms with E-state index in [0.717, 1.165) is 22.2 Å². The molecule has 1 aromatic rings. The Labute approximate surface area is 148 Å². The first-order chi connectivity index (χ1) is 10.8. The fraction of sp³-hybridized carbons (Fsp3) is 0.143. The lowest BCUT2D eigenvalue weighted by Crippen LogP contribution is -2.32. The number of carbonyl (C=O) groups excluding carboxylic acids is 1. The van der Waals surface area contributed by atoms with Crippen molar-refractivity contribution in [1.29, 1.82) is 0 Å². The monoisotopic (exact) mass is 388 g/mol. The van der Waals surface area contributed by atoms with Gasteiger partial charge < -0.3 is 4.55 Å². The second-order valence-electron chi connectivity index (χ2n) is 4.54. The van der Waals surface area contributed by atoms with Crippen LogP contribution >= 0.6 is 35.6 Å². The fourth-order valence-corrected chi connectivity index (χ4v) is 3.78. The summed E-state index contributed by atoms with van der Waals surface area (Å²) >= 11 is 12.2. The van der Waals surface area contributed by atoms with E-state index in [9.17, 15) is 17.8 Å². The van der Waals surface area contributed by atoms with E-state index in [1.807, 2.05) is 30.3 Å². The van der Waals surface area contributed by atoms with E-state index >= 15 is 0 Å². The Hall–Kier alpha value is -1.19. The highest BCUT2D eigenvalue weighted by molar-refractivity contribution is 8.26. The first-order valence-corrected chi connectivity index (χ1v) is 9.55. The summed E-state index contributed by atoms with van der Waals surface area (Å²) in [7, 11) is -4.41. The van der Waals surface area contributed by atoms with E-state index in [1.54, 1.807) is 6.08 Å². The summed E-state index contributed by atoms with van der Waals surface area (Å²) in [5.74, 6) is -1.14. The maximum atomic E-state index is 12.2. The molecule has 0 radical (unpaired) electrons. The minimum atomic E-state index is -4.41. The van der Waals surface area contributed by atoms with Gasteiger partial charge in [-0.3, -0.25) is 9.69 Å². The Morgan fingerprint density at radius 2 is 2.00 bits per heavy atom. The third kappa shape index (κ3) is 5.43. The van der Waals surface area contributed by atoms with Gasteiger partial charge in [-0.2, -0.15) is 0 Å². The highest BCUT2D eigenvalue weighted by Crippen LogP contribution is 2.32. The van der Waals surface area contributed by atoms with Crippen LogP contribution in [0.5, 0.6) is 0 Å². The Kier molecular flexibility index (Phi) is 5.99. The highest BCUT2D eigenvalue weighted by atomic mass is 35.5. The van der Waals surface area contributed by atoms with Crippen LogP contribution in [0.25, 0.3) is 6.08 Å². The van der Waals surface area contributed by atoms with Crippen LogP contribution in [-0.2, 0) is 14.9 Å². The van der Waals surface area contributed by atoms with Crippen molar-refractivity contribution in [2.75, 3.05) is 12.3 Å². The van der Waals surface area contributed by atoms with Gasteiger partial charge in [0.15, 0.2) is 0 Å². The summed E-state index contributed by atoms with van der Waals surface area (Å²) in [6.07, 6.45) is 3.16. The molecule has 0 N–H and O–H groups in total. The summed E-state index contributed by atoms with van der Waals surface area (Å²) in [4.78, 5) is 13.6. The van der Waals surface area contributed by atoms with E-state index in [1.165, 1.54) is 6.08 Å². The zero-order valence-corrected chi connectivity index (χ0v) is 14.8. The number of rotatable bonds is 5. The van der Waals surface area contributed by atoms with Gasteiger partial charge >= 0.3 is 0 Å². The molecule has 0 bridgehead atoms. The number of thiocarbonyl (C=S) groups is 1. The lowest BCUT2D eigenvalue weighted by atomic mass is 10.2. The Morgan fingerprint density at radius 1 is 1.35 bits per heavy atom. The lowest BCUT2D eigenvalue weighted by molar-refractivity contribution is -0.122. The first kappa shape index (κ1) is 18.2. The minimum absolute atomic E-state index is 0.203. The van der Waals surface area contributed by atoms with Crippen molar-refractivity contribution in [2.45, 2.75) is 0 Å². The molecule has 0 unspecified atom stereocenters. The van der Waals surface area contributed by atoms with Gasteiger partial charge in [-0.05, 0) is 17.7 Å². The van der Waals surface area contributed by atoms with Crippen molar-refractivity contribution in [1.82, 2.24) is 4.90 Å². The summed E-state index contributed by atoms with van der Waals surface area (Å²) in [6, 6.07) is 9.32. The van der Waals surface area contributed by atoms with Crippen LogP contribution in [0.2, 0.25) is 0 Å². The van der Waals surface area contributed by atoms with Crippen molar-refractivity contribution >= 4 is 62.0 Å². The van der Waals surface area contributed by atoms with Gasteiger partial charge in [0.05, 0.1) is 20.8 Å². The molecule has 1 aliphatic heterocycles. The Balaban J connectivity index is 2.13. The number of carbonyl (C=O) groups is 1. The number of halogens is 1. The van der Waals surface area contributed by atoms with E-state index in [-0.39, 0.29) is 15.8 Å².